The highest BCUT2D eigenvalue weighted by molar-refractivity contribution is 4.91. The molecular formula is C9H19N3. The molecule has 0 aliphatic carbocycles. The van der Waals surface area contributed by atoms with Crippen LogP contribution in [0.15, 0.2) is 12.5 Å². The summed E-state index contributed by atoms with van der Waals surface area (Å²) in [6, 6.07) is 0. The second-order valence-electron chi connectivity index (χ2n) is 2.40. The summed E-state index contributed by atoms with van der Waals surface area (Å²) >= 11 is 0. The lowest BCUT2D eigenvalue weighted by Gasteiger charge is -1.96. The van der Waals surface area contributed by atoms with Crippen molar-refractivity contribution in [2.75, 3.05) is 6.54 Å². The third-order valence-electron chi connectivity index (χ3n) is 1.38. The van der Waals surface area contributed by atoms with Gasteiger partial charge in [0.25, 0.3) is 0 Å². The Morgan fingerprint density at radius 2 is 2.17 bits per heavy atom. The fourth-order valence-electron chi connectivity index (χ4n) is 0.868. The van der Waals surface area contributed by atoms with Gasteiger partial charge in [-0.1, -0.05) is 13.8 Å². The van der Waals surface area contributed by atoms with E-state index in [2.05, 4.69) is 9.55 Å². The third-order valence-corrected chi connectivity index (χ3v) is 1.38. The van der Waals surface area contributed by atoms with Crippen LogP contribution in [0.2, 0.25) is 0 Å². The van der Waals surface area contributed by atoms with Crippen LogP contribution < -0.4 is 5.73 Å². The van der Waals surface area contributed by atoms with E-state index >= 15 is 0 Å². The van der Waals surface area contributed by atoms with Crippen molar-refractivity contribution < 1.29 is 0 Å². The molecule has 0 unspecified atom stereocenters. The van der Waals surface area contributed by atoms with Crippen LogP contribution in [0, 0.1) is 6.92 Å². The van der Waals surface area contributed by atoms with E-state index in [0.717, 1.165) is 25.2 Å². The average Bonchev–Trinajstić information content (AvgIpc) is 2.51. The summed E-state index contributed by atoms with van der Waals surface area (Å²) in [5, 5.41) is 0. The predicted octanol–water partition coefficient (Wildman–Crippen LogP) is 1.57. The van der Waals surface area contributed by atoms with Gasteiger partial charge in [-0.3, -0.25) is 0 Å². The molecule has 0 bridgehead atoms. The quantitative estimate of drug-likeness (QED) is 0.746. The number of imidazole rings is 1. The van der Waals surface area contributed by atoms with Crippen LogP contribution in [0.3, 0.4) is 0 Å². The number of hydrogen-bond acceptors (Lipinski definition) is 2. The van der Waals surface area contributed by atoms with Crippen molar-refractivity contribution in [1.29, 1.82) is 0 Å². The molecule has 1 aromatic heterocycles. The maximum absolute atomic E-state index is 5.35. The maximum Gasteiger partial charge on any atom is 0.0949 e. The van der Waals surface area contributed by atoms with Crippen LogP contribution in [0.1, 0.15) is 26.0 Å². The molecule has 0 saturated heterocycles. The number of aromatic nitrogens is 2. The molecule has 0 aromatic carbocycles. The Bertz CT molecular complexity index is 193. The molecule has 0 radical (unpaired) electrons. The van der Waals surface area contributed by atoms with Crippen molar-refractivity contribution in [2.45, 2.75) is 33.7 Å². The van der Waals surface area contributed by atoms with E-state index in [1.54, 1.807) is 0 Å². The van der Waals surface area contributed by atoms with Gasteiger partial charge in [-0.25, -0.2) is 4.98 Å². The topological polar surface area (TPSA) is 43.8 Å². The molecule has 3 nitrogen and oxygen atoms in total. The smallest absolute Gasteiger partial charge is 0.0949 e. The zero-order valence-electron chi connectivity index (χ0n) is 8.25. The summed E-state index contributed by atoms with van der Waals surface area (Å²) in [4.78, 5) is 4.09. The molecule has 0 saturated carbocycles. The minimum absolute atomic E-state index is 0.747. The van der Waals surface area contributed by atoms with Gasteiger partial charge in [0.15, 0.2) is 0 Å². The highest BCUT2D eigenvalue weighted by atomic mass is 15.0. The lowest BCUT2D eigenvalue weighted by atomic mass is 10.4. The summed E-state index contributed by atoms with van der Waals surface area (Å²) in [7, 11) is 0. The van der Waals surface area contributed by atoms with Crippen molar-refractivity contribution in [2.24, 2.45) is 5.73 Å². The minimum Gasteiger partial charge on any atom is -0.337 e. The third kappa shape index (κ3) is 4.13. The fraction of sp³-hybridized carbons (Fsp3) is 0.667. The Hall–Kier alpha value is -0.830. The Morgan fingerprint density at radius 3 is 2.58 bits per heavy atom. The predicted molar refractivity (Wildman–Crippen MR) is 52.0 cm³/mol. The monoisotopic (exact) mass is 169 g/mol. The second kappa shape index (κ2) is 6.85. The van der Waals surface area contributed by atoms with E-state index in [0.29, 0.717) is 0 Å². The zero-order valence-corrected chi connectivity index (χ0v) is 8.25. The van der Waals surface area contributed by atoms with Gasteiger partial charge >= 0.3 is 0 Å². The van der Waals surface area contributed by atoms with Gasteiger partial charge in [0.1, 0.15) is 0 Å². The number of rotatable bonds is 3. The van der Waals surface area contributed by atoms with Crippen LogP contribution in [-0.2, 0) is 6.54 Å². The van der Waals surface area contributed by atoms with Gasteiger partial charge in [-0.2, -0.15) is 0 Å². The van der Waals surface area contributed by atoms with Crippen molar-refractivity contribution >= 4 is 0 Å². The molecule has 0 atom stereocenters. The highest BCUT2D eigenvalue weighted by Crippen LogP contribution is 1.93. The SMILES string of the molecule is CC.Cc1cn(CCCN)cn1. The van der Waals surface area contributed by atoms with Gasteiger partial charge in [0.2, 0.25) is 0 Å². The van der Waals surface area contributed by atoms with Crippen molar-refractivity contribution in [3.8, 4) is 0 Å². The Labute approximate surface area is 74.6 Å². The molecule has 1 heterocycles. The molecule has 3 heteroatoms. The largest absolute Gasteiger partial charge is 0.337 e. The molecule has 0 aliphatic heterocycles. The lowest BCUT2D eigenvalue weighted by Crippen LogP contribution is -2.03. The molecule has 1 rings (SSSR count). The number of nitrogens with zero attached hydrogens (tertiary/aromatic N) is 2. The molecule has 0 amide bonds. The summed E-state index contributed by atoms with van der Waals surface area (Å²) in [5.74, 6) is 0. The van der Waals surface area contributed by atoms with Crippen LogP contribution in [0.4, 0.5) is 0 Å². The van der Waals surface area contributed by atoms with E-state index in [9.17, 15) is 0 Å². The van der Waals surface area contributed by atoms with E-state index < -0.39 is 0 Å². The Morgan fingerprint density at radius 1 is 1.50 bits per heavy atom. The van der Waals surface area contributed by atoms with Gasteiger partial charge in [0.05, 0.1) is 12.0 Å². The molecular weight excluding hydrogens is 150 g/mol. The zero-order chi connectivity index (χ0) is 9.40. The van der Waals surface area contributed by atoms with Crippen LogP contribution in [0.5, 0.6) is 0 Å². The summed E-state index contributed by atoms with van der Waals surface area (Å²) in [5.41, 5.74) is 6.42. The van der Waals surface area contributed by atoms with Gasteiger partial charge in [-0.05, 0) is 19.9 Å². The van der Waals surface area contributed by atoms with Crippen LogP contribution >= 0.6 is 0 Å². The van der Waals surface area contributed by atoms with E-state index in [1.807, 2.05) is 33.3 Å². The Kier molecular flexibility index (Phi) is 6.38. The summed E-state index contributed by atoms with van der Waals surface area (Å²) < 4.78 is 2.06. The first-order valence-electron chi connectivity index (χ1n) is 4.51. The van der Waals surface area contributed by atoms with Crippen molar-refractivity contribution in [1.82, 2.24) is 9.55 Å². The van der Waals surface area contributed by atoms with E-state index in [4.69, 9.17) is 5.73 Å². The summed E-state index contributed by atoms with van der Waals surface area (Å²) in [6.45, 7) is 7.72. The molecule has 2 N–H and O–H groups in total. The number of nitrogens with two attached hydrogens (primary N) is 1. The molecule has 0 fully saturated rings. The second-order valence-corrected chi connectivity index (χ2v) is 2.40. The first-order chi connectivity index (χ1) is 5.83. The van der Waals surface area contributed by atoms with Crippen LogP contribution in [-0.4, -0.2) is 16.1 Å². The minimum atomic E-state index is 0.747. The van der Waals surface area contributed by atoms with E-state index in [1.165, 1.54) is 0 Å². The molecule has 0 aliphatic rings. The van der Waals surface area contributed by atoms with Crippen molar-refractivity contribution in [3.05, 3.63) is 18.2 Å². The normalized spacial score (nSPS) is 9.00. The molecule has 12 heavy (non-hydrogen) atoms. The van der Waals surface area contributed by atoms with Gasteiger partial charge < -0.3 is 10.3 Å². The number of aryl methyl sites for hydroxylation is 2. The number of hydrogen-bond donors (Lipinski definition) is 1. The average molecular weight is 169 g/mol. The van der Waals surface area contributed by atoms with Gasteiger partial charge in [-0.15, -0.1) is 0 Å². The maximum atomic E-state index is 5.35. The first-order valence-corrected chi connectivity index (χ1v) is 4.51. The van der Waals surface area contributed by atoms with Crippen LogP contribution in [0.25, 0.3) is 0 Å². The van der Waals surface area contributed by atoms with E-state index in [-0.39, 0.29) is 0 Å². The van der Waals surface area contributed by atoms with Gasteiger partial charge in [0, 0.05) is 12.7 Å². The molecule has 0 spiro atoms. The molecule has 1 aromatic rings. The standard InChI is InChI=1S/C7H13N3.C2H6/c1-7-5-10(6-9-7)4-2-3-8;1-2/h5-6H,2-4,8H2,1H3;1-2H3. The first kappa shape index (κ1) is 11.2. The lowest BCUT2D eigenvalue weighted by molar-refractivity contribution is 0.650. The summed E-state index contributed by atoms with van der Waals surface area (Å²) in [6.07, 6.45) is 4.89. The highest BCUT2D eigenvalue weighted by Gasteiger charge is 1.90. The Balaban J connectivity index is 0.000000561. The fourth-order valence-corrected chi connectivity index (χ4v) is 0.868. The van der Waals surface area contributed by atoms with Crippen molar-refractivity contribution in [3.63, 3.8) is 0 Å². The molecule has 70 valence electrons.